The number of hydrogen-bond donors (Lipinski definition) is 3. The van der Waals surface area contributed by atoms with Crippen molar-refractivity contribution in [2.24, 2.45) is 0 Å². The van der Waals surface area contributed by atoms with Gasteiger partial charge in [-0.2, -0.15) is 0 Å². The van der Waals surface area contributed by atoms with Crippen LogP contribution in [-0.4, -0.2) is 40.1 Å². The number of hydrogen-bond acceptors (Lipinski definition) is 7. The van der Waals surface area contributed by atoms with Crippen LogP contribution in [0.5, 0.6) is 5.88 Å². The van der Waals surface area contributed by atoms with Gasteiger partial charge in [0.1, 0.15) is 11.5 Å². The number of aromatic amines is 1. The topological polar surface area (TPSA) is 105 Å². The highest BCUT2D eigenvalue weighted by molar-refractivity contribution is 5.94. The molecule has 0 amide bonds. The summed E-state index contributed by atoms with van der Waals surface area (Å²) in [5.41, 5.74) is 3.11. The second kappa shape index (κ2) is 7.57. The van der Waals surface area contributed by atoms with E-state index >= 15 is 0 Å². The third-order valence-corrected chi connectivity index (χ3v) is 5.26. The molecule has 0 radical (unpaired) electrons. The van der Waals surface area contributed by atoms with Crippen molar-refractivity contribution in [2.75, 3.05) is 25.5 Å². The van der Waals surface area contributed by atoms with E-state index in [0.29, 0.717) is 34.4 Å². The quantitative estimate of drug-likeness (QED) is 0.473. The first-order valence-corrected chi connectivity index (χ1v) is 9.68. The molecule has 1 aliphatic rings. The second-order valence-electron chi connectivity index (χ2n) is 7.18. The van der Waals surface area contributed by atoms with Gasteiger partial charge in [-0.25, -0.2) is 9.97 Å². The SMILES string of the molecule is COc1cncc(-c2cc3cc[nH]c(=O)c3c(Nc3ccc(C4CNC4)cc3)n2)n1. The van der Waals surface area contributed by atoms with Gasteiger partial charge in [0, 0.05) is 30.9 Å². The Morgan fingerprint density at radius 2 is 1.90 bits per heavy atom. The summed E-state index contributed by atoms with van der Waals surface area (Å²) in [5.74, 6) is 1.43. The van der Waals surface area contributed by atoms with Crippen molar-refractivity contribution in [1.29, 1.82) is 0 Å². The van der Waals surface area contributed by atoms with Crippen LogP contribution in [0.1, 0.15) is 11.5 Å². The second-order valence-corrected chi connectivity index (χ2v) is 7.18. The van der Waals surface area contributed by atoms with Crippen LogP contribution in [0, 0.1) is 0 Å². The lowest BCUT2D eigenvalue weighted by atomic mass is 9.94. The molecule has 0 bridgehead atoms. The summed E-state index contributed by atoms with van der Waals surface area (Å²) in [6.45, 7) is 2.02. The normalized spacial score (nSPS) is 13.8. The summed E-state index contributed by atoms with van der Waals surface area (Å²) in [7, 11) is 1.54. The third kappa shape index (κ3) is 3.37. The third-order valence-electron chi connectivity index (χ3n) is 5.26. The Hall–Kier alpha value is -3.78. The highest BCUT2D eigenvalue weighted by Crippen LogP contribution is 2.28. The lowest BCUT2D eigenvalue weighted by Gasteiger charge is -2.27. The van der Waals surface area contributed by atoms with Gasteiger partial charge in [-0.15, -0.1) is 0 Å². The lowest BCUT2D eigenvalue weighted by molar-refractivity contribution is 0.396. The van der Waals surface area contributed by atoms with Crippen molar-refractivity contribution in [3.8, 4) is 17.3 Å². The molecule has 0 saturated carbocycles. The number of benzene rings is 1. The van der Waals surface area contributed by atoms with Gasteiger partial charge in [0.05, 0.1) is 30.6 Å². The van der Waals surface area contributed by atoms with Crippen LogP contribution in [0.2, 0.25) is 0 Å². The van der Waals surface area contributed by atoms with Crippen molar-refractivity contribution in [2.45, 2.75) is 5.92 Å². The van der Waals surface area contributed by atoms with E-state index in [1.807, 2.05) is 24.3 Å². The summed E-state index contributed by atoms with van der Waals surface area (Å²) < 4.78 is 5.18. The fourth-order valence-corrected chi connectivity index (χ4v) is 3.51. The number of rotatable bonds is 5. The molecule has 4 heterocycles. The van der Waals surface area contributed by atoms with Crippen LogP contribution < -0.4 is 20.9 Å². The zero-order chi connectivity index (χ0) is 20.5. The van der Waals surface area contributed by atoms with E-state index in [1.165, 1.54) is 18.9 Å². The molecule has 0 spiro atoms. The number of nitrogens with zero attached hydrogens (tertiary/aromatic N) is 3. The summed E-state index contributed by atoms with van der Waals surface area (Å²) in [4.78, 5) is 28.5. The van der Waals surface area contributed by atoms with Gasteiger partial charge in [0.15, 0.2) is 0 Å². The molecular formula is C22H20N6O2. The number of pyridine rings is 2. The first kappa shape index (κ1) is 18.3. The summed E-state index contributed by atoms with van der Waals surface area (Å²) in [6, 6.07) is 11.9. The molecule has 1 aromatic carbocycles. The maximum Gasteiger partial charge on any atom is 0.259 e. The molecule has 0 atom stereocenters. The molecule has 4 aromatic rings. The van der Waals surface area contributed by atoms with Crippen LogP contribution in [0.4, 0.5) is 11.5 Å². The van der Waals surface area contributed by atoms with Crippen molar-refractivity contribution in [3.63, 3.8) is 0 Å². The first-order valence-electron chi connectivity index (χ1n) is 9.68. The smallest absolute Gasteiger partial charge is 0.259 e. The number of aromatic nitrogens is 4. The molecule has 8 heteroatoms. The maximum atomic E-state index is 12.5. The van der Waals surface area contributed by atoms with Crippen LogP contribution in [0.25, 0.3) is 22.2 Å². The van der Waals surface area contributed by atoms with Crippen molar-refractivity contribution in [3.05, 3.63) is 70.9 Å². The van der Waals surface area contributed by atoms with Crippen LogP contribution in [0.3, 0.4) is 0 Å². The van der Waals surface area contributed by atoms with Crippen LogP contribution in [0.15, 0.2) is 59.8 Å². The number of fused-ring (bicyclic) bond motifs is 1. The number of nitrogens with one attached hydrogen (secondary N) is 3. The fourth-order valence-electron chi connectivity index (χ4n) is 3.51. The summed E-state index contributed by atoms with van der Waals surface area (Å²) in [6.07, 6.45) is 4.78. The van der Waals surface area contributed by atoms with Crippen LogP contribution >= 0.6 is 0 Å². The Balaban J connectivity index is 1.57. The van der Waals surface area contributed by atoms with Crippen molar-refractivity contribution < 1.29 is 4.74 Å². The Morgan fingerprint density at radius 1 is 1.07 bits per heavy atom. The molecule has 8 nitrogen and oxygen atoms in total. The highest BCUT2D eigenvalue weighted by atomic mass is 16.5. The number of H-pyrrole nitrogens is 1. The minimum Gasteiger partial charge on any atom is -0.480 e. The van der Waals surface area contributed by atoms with E-state index in [1.54, 1.807) is 12.4 Å². The van der Waals surface area contributed by atoms with E-state index in [4.69, 9.17) is 4.74 Å². The monoisotopic (exact) mass is 400 g/mol. The fraction of sp³-hybridized carbons (Fsp3) is 0.182. The van der Waals surface area contributed by atoms with Gasteiger partial charge in [-0.1, -0.05) is 12.1 Å². The molecule has 3 aromatic heterocycles. The number of methoxy groups -OCH3 is 1. The zero-order valence-electron chi connectivity index (χ0n) is 16.3. The standard InChI is InChI=1S/C22H20N6O2/c1-30-19-12-24-11-18(27-19)17-8-14-6-7-25-22(29)20(14)21(28-17)26-16-4-2-13(3-5-16)15-9-23-10-15/h2-8,11-12,15,23H,9-10H2,1H3,(H,25,29)(H,26,28). The minimum atomic E-state index is -0.206. The number of anilines is 2. The maximum absolute atomic E-state index is 12.5. The minimum absolute atomic E-state index is 0.206. The average molecular weight is 400 g/mol. The molecule has 0 unspecified atom stereocenters. The zero-order valence-corrected chi connectivity index (χ0v) is 16.3. The Kier molecular flexibility index (Phi) is 4.61. The van der Waals surface area contributed by atoms with Gasteiger partial charge in [0.2, 0.25) is 5.88 Å². The molecule has 5 rings (SSSR count). The Morgan fingerprint density at radius 3 is 2.63 bits per heavy atom. The first-order chi connectivity index (χ1) is 14.7. The van der Waals surface area contributed by atoms with Crippen LogP contribution in [-0.2, 0) is 0 Å². The van der Waals surface area contributed by atoms with E-state index in [2.05, 4.69) is 42.7 Å². The van der Waals surface area contributed by atoms with E-state index in [-0.39, 0.29) is 5.56 Å². The molecule has 150 valence electrons. The Bertz CT molecular complexity index is 1260. The van der Waals surface area contributed by atoms with Gasteiger partial charge in [0.25, 0.3) is 5.56 Å². The largest absolute Gasteiger partial charge is 0.480 e. The summed E-state index contributed by atoms with van der Waals surface area (Å²) >= 11 is 0. The molecule has 30 heavy (non-hydrogen) atoms. The molecule has 3 N–H and O–H groups in total. The van der Waals surface area contributed by atoms with Gasteiger partial charge in [-0.05, 0) is 35.2 Å². The molecule has 0 aliphatic carbocycles. The van der Waals surface area contributed by atoms with E-state index in [0.717, 1.165) is 24.2 Å². The molecular weight excluding hydrogens is 380 g/mol. The molecule has 1 aliphatic heterocycles. The Labute approximate surface area is 172 Å². The van der Waals surface area contributed by atoms with E-state index < -0.39 is 0 Å². The average Bonchev–Trinajstić information content (AvgIpc) is 2.74. The molecule has 1 saturated heterocycles. The van der Waals surface area contributed by atoms with Gasteiger partial charge < -0.3 is 20.4 Å². The van der Waals surface area contributed by atoms with Crippen molar-refractivity contribution >= 4 is 22.3 Å². The van der Waals surface area contributed by atoms with Crippen molar-refractivity contribution in [1.82, 2.24) is 25.3 Å². The number of ether oxygens (including phenoxy) is 1. The van der Waals surface area contributed by atoms with E-state index in [9.17, 15) is 4.79 Å². The summed E-state index contributed by atoms with van der Waals surface area (Å²) in [5, 5.41) is 7.84. The highest BCUT2D eigenvalue weighted by Gasteiger charge is 2.18. The predicted octanol–water partition coefficient (Wildman–Crippen LogP) is 2.82. The molecule has 1 fully saturated rings. The predicted molar refractivity (Wildman–Crippen MR) is 115 cm³/mol. The van der Waals surface area contributed by atoms with Gasteiger partial charge >= 0.3 is 0 Å². The lowest BCUT2D eigenvalue weighted by Crippen LogP contribution is -2.39. The van der Waals surface area contributed by atoms with Gasteiger partial charge in [-0.3, -0.25) is 9.78 Å².